The third-order valence-corrected chi connectivity index (χ3v) is 4.63. The molecule has 0 unspecified atom stereocenters. The van der Waals surface area contributed by atoms with E-state index >= 15 is 0 Å². The molecule has 1 aromatic carbocycles. The van der Waals surface area contributed by atoms with Crippen LogP contribution in [0.25, 0.3) is 0 Å². The lowest BCUT2D eigenvalue weighted by molar-refractivity contribution is -0.121. The first-order valence-corrected chi connectivity index (χ1v) is 8.64. The number of piperidine rings is 1. The van der Waals surface area contributed by atoms with Gasteiger partial charge in [-0.15, -0.1) is 0 Å². The molecule has 1 atom stereocenters. The van der Waals surface area contributed by atoms with Crippen molar-refractivity contribution < 1.29 is 9.59 Å². The number of nitrogens with zero attached hydrogens (tertiary/aromatic N) is 1. The molecule has 1 aliphatic heterocycles. The molecule has 0 aliphatic carbocycles. The predicted octanol–water partition coefficient (Wildman–Crippen LogP) is 3.07. The van der Waals surface area contributed by atoms with Crippen molar-refractivity contribution in [2.24, 2.45) is 5.92 Å². The van der Waals surface area contributed by atoms with E-state index in [2.05, 4.69) is 12.2 Å². The van der Waals surface area contributed by atoms with E-state index in [1.165, 1.54) is 5.56 Å². The highest BCUT2D eigenvalue weighted by Crippen LogP contribution is 2.19. The summed E-state index contributed by atoms with van der Waals surface area (Å²) in [7, 11) is 0. The summed E-state index contributed by atoms with van der Waals surface area (Å²) in [6.07, 6.45) is 3.53. The number of nitrogens with one attached hydrogen (secondary N) is 1. The van der Waals surface area contributed by atoms with Gasteiger partial charge in [-0.25, -0.2) is 0 Å². The summed E-state index contributed by atoms with van der Waals surface area (Å²) in [6.45, 7) is 8.32. The first kappa shape index (κ1) is 17.5. The summed E-state index contributed by atoms with van der Waals surface area (Å²) in [6, 6.07) is 5.90. The molecule has 2 amide bonds. The Labute approximate surface area is 139 Å². The number of hydrogen-bond acceptors (Lipinski definition) is 2. The van der Waals surface area contributed by atoms with Crippen LogP contribution >= 0.6 is 0 Å². The Morgan fingerprint density at radius 1 is 1.26 bits per heavy atom. The van der Waals surface area contributed by atoms with Crippen molar-refractivity contribution in [1.29, 1.82) is 0 Å². The third kappa shape index (κ3) is 4.81. The Morgan fingerprint density at radius 3 is 2.74 bits per heavy atom. The Hall–Kier alpha value is -1.84. The molecule has 1 aliphatic rings. The van der Waals surface area contributed by atoms with E-state index in [1.807, 2.05) is 36.9 Å². The van der Waals surface area contributed by atoms with Gasteiger partial charge in [0.2, 0.25) is 5.91 Å². The third-order valence-electron chi connectivity index (χ3n) is 4.63. The van der Waals surface area contributed by atoms with Crippen molar-refractivity contribution in [2.45, 2.75) is 46.5 Å². The number of hydrogen-bond donors (Lipinski definition) is 1. The molecule has 1 fully saturated rings. The summed E-state index contributed by atoms with van der Waals surface area (Å²) in [5, 5.41) is 2.99. The summed E-state index contributed by atoms with van der Waals surface area (Å²) < 4.78 is 0. The molecule has 0 aromatic heterocycles. The number of rotatable bonds is 5. The summed E-state index contributed by atoms with van der Waals surface area (Å²) in [5.41, 5.74) is 3.12. The fraction of sp³-hybridized carbons (Fsp3) is 0.579. The van der Waals surface area contributed by atoms with Gasteiger partial charge in [0.25, 0.3) is 5.91 Å². The lowest BCUT2D eigenvalue weighted by Crippen LogP contribution is -2.43. The average molecular weight is 316 g/mol. The molecule has 2 rings (SSSR count). The molecule has 1 aromatic rings. The van der Waals surface area contributed by atoms with Crippen molar-refractivity contribution in [2.75, 3.05) is 19.6 Å². The van der Waals surface area contributed by atoms with E-state index in [9.17, 15) is 9.59 Å². The lowest BCUT2D eigenvalue weighted by Gasteiger charge is -2.33. The van der Waals surface area contributed by atoms with Crippen molar-refractivity contribution in [3.63, 3.8) is 0 Å². The Bertz CT molecular complexity index is 568. The molecule has 1 heterocycles. The van der Waals surface area contributed by atoms with Gasteiger partial charge in [0.1, 0.15) is 0 Å². The number of likely N-dealkylation sites (tertiary alicyclic amines) is 1. The first-order valence-electron chi connectivity index (χ1n) is 8.64. The van der Waals surface area contributed by atoms with Crippen LogP contribution in [-0.4, -0.2) is 36.3 Å². The smallest absolute Gasteiger partial charge is 0.253 e. The molecule has 0 spiro atoms. The van der Waals surface area contributed by atoms with Gasteiger partial charge in [0.05, 0.1) is 0 Å². The number of amides is 2. The van der Waals surface area contributed by atoms with E-state index in [-0.39, 0.29) is 11.8 Å². The number of benzene rings is 1. The molecule has 1 N–H and O–H groups in total. The Kier molecular flexibility index (Phi) is 6.20. The minimum Gasteiger partial charge on any atom is -0.356 e. The molecule has 0 bridgehead atoms. The molecule has 4 nitrogen and oxygen atoms in total. The number of carbonyl (C=O) groups is 2. The largest absolute Gasteiger partial charge is 0.356 e. The average Bonchev–Trinajstić information content (AvgIpc) is 2.55. The summed E-state index contributed by atoms with van der Waals surface area (Å²) in [4.78, 5) is 26.2. The predicted molar refractivity (Wildman–Crippen MR) is 92.5 cm³/mol. The minimum atomic E-state index is 0.109. The molecule has 4 heteroatoms. The van der Waals surface area contributed by atoms with E-state index < -0.39 is 0 Å². The van der Waals surface area contributed by atoms with Gasteiger partial charge in [0, 0.05) is 31.6 Å². The van der Waals surface area contributed by atoms with E-state index in [0.29, 0.717) is 18.9 Å². The molecule has 23 heavy (non-hydrogen) atoms. The fourth-order valence-electron chi connectivity index (χ4n) is 3.05. The maximum atomic E-state index is 12.7. The van der Waals surface area contributed by atoms with Crippen molar-refractivity contribution in [3.8, 4) is 0 Å². The first-order chi connectivity index (χ1) is 11.0. The Morgan fingerprint density at radius 2 is 2.04 bits per heavy atom. The van der Waals surface area contributed by atoms with Crippen LogP contribution in [0.15, 0.2) is 18.2 Å². The van der Waals surface area contributed by atoms with Gasteiger partial charge in [-0.05, 0) is 62.3 Å². The van der Waals surface area contributed by atoms with Gasteiger partial charge in [0.15, 0.2) is 0 Å². The highest BCUT2D eigenvalue weighted by molar-refractivity contribution is 5.94. The zero-order valence-corrected chi connectivity index (χ0v) is 14.5. The topological polar surface area (TPSA) is 49.4 Å². The Balaban J connectivity index is 1.93. The van der Waals surface area contributed by atoms with E-state index in [1.54, 1.807) is 0 Å². The zero-order chi connectivity index (χ0) is 16.8. The van der Waals surface area contributed by atoms with Crippen LogP contribution in [0, 0.1) is 19.8 Å². The monoisotopic (exact) mass is 316 g/mol. The molecular formula is C19H28N2O2. The highest BCUT2D eigenvalue weighted by atomic mass is 16.2. The SMILES string of the molecule is CCCC(=O)NC[C@@H]1CCCN(C(=O)c2ccc(C)c(C)c2)C1. The van der Waals surface area contributed by atoms with Crippen molar-refractivity contribution in [3.05, 3.63) is 34.9 Å². The van der Waals surface area contributed by atoms with Gasteiger partial charge in [-0.3, -0.25) is 9.59 Å². The van der Waals surface area contributed by atoms with Crippen molar-refractivity contribution >= 4 is 11.8 Å². The fourth-order valence-corrected chi connectivity index (χ4v) is 3.05. The quantitative estimate of drug-likeness (QED) is 0.907. The van der Waals surface area contributed by atoms with Crippen LogP contribution < -0.4 is 5.32 Å². The van der Waals surface area contributed by atoms with E-state index in [4.69, 9.17) is 0 Å². The lowest BCUT2D eigenvalue weighted by atomic mass is 9.96. The number of carbonyl (C=O) groups excluding carboxylic acids is 2. The molecule has 126 valence electrons. The second-order valence-electron chi connectivity index (χ2n) is 6.61. The molecule has 0 saturated carbocycles. The van der Waals surface area contributed by atoms with Gasteiger partial charge >= 0.3 is 0 Å². The summed E-state index contributed by atoms with van der Waals surface area (Å²) >= 11 is 0. The van der Waals surface area contributed by atoms with Gasteiger partial charge < -0.3 is 10.2 Å². The number of aryl methyl sites for hydroxylation is 2. The van der Waals surface area contributed by atoms with E-state index in [0.717, 1.165) is 43.5 Å². The van der Waals surface area contributed by atoms with Crippen molar-refractivity contribution in [1.82, 2.24) is 10.2 Å². The van der Waals surface area contributed by atoms with Crippen LogP contribution in [0.2, 0.25) is 0 Å². The van der Waals surface area contributed by atoms with Gasteiger partial charge in [-0.1, -0.05) is 13.0 Å². The van der Waals surface area contributed by atoms with Crippen LogP contribution in [0.1, 0.15) is 54.1 Å². The maximum absolute atomic E-state index is 12.7. The molecule has 0 radical (unpaired) electrons. The van der Waals surface area contributed by atoms with Crippen LogP contribution in [-0.2, 0) is 4.79 Å². The van der Waals surface area contributed by atoms with Crippen LogP contribution in [0.3, 0.4) is 0 Å². The zero-order valence-electron chi connectivity index (χ0n) is 14.5. The second-order valence-corrected chi connectivity index (χ2v) is 6.61. The van der Waals surface area contributed by atoms with Gasteiger partial charge in [-0.2, -0.15) is 0 Å². The molecule has 1 saturated heterocycles. The van der Waals surface area contributed by atoms with Crippen LogP contribution in [0.4, 0.5) is 0 Å². The minimum absolute atomic E-state index is 0.109. The summed E-state index contributed by atoms with van der Waals surface area (Å²) in [5.74, 6) is 0.586. The standard InChI is InChI=1S/C19H28N2O2/c1-4-6-18(22)20-12-16-7-5-10-21(13-16)19(23)17-9-8-14(2)15(3)11-17/h8-9,11,16H,4-7,10,12-13H2,1-3H3,(H,20,22)/t16-/m0/s1. The normalized spacial score (nSPS) is 17.9. The molecular weight excluding hydrogens is 288 g/mol. The van der Waals surface area contributed by atoms with Crippen LogP contribution in [0.5, 0.6) is 0 Å². The second kappa shape index (κ2) is 8.14. The highest BCUT2D eigenvalue weighted by Gasteiger charge is 2.24. The maximum Gasteiger partial charge on any atom is 0.253 e.